The van der Waals surface area contributed by atoms with E-state index in [4.69, 9.17) is 0 Å². The van der Waals surface area contributed by atoms with Gasteiger partial charge in [0.1, 0.15) is 0 Å². The first-order chi connectivity index (χ1) is 30.7. The van der Waals surface area contributed by atoms with E-state index in [2.05, 4.69) is 0 Å². The van der Waals surface area contributed by atoms with Crippen LogP contribution in [0.5, 0.6) is 0 Å². The molecule has 2 aliphatic carbocycles. The third-order valence-electron chi connectivity index (χ3n) is 11.2. The van der Waals surface area contributed by atoms with E-state index in [1.165, 1.54) is 6.08 Å². The Balaban J connectivity index is 1.84. The van der Waals surface area contributed by atoms with Gasteiger partial charge in [0.15, 0.2) is 0 Å². The second-order valence-corrected chi connectivity index (χ2v) is 20.6. The third-order valence-corrected chi connectivity index (χ3v) is 17.1. The molecule has 1 saturated carbocycles. The van der Waals surface area contributed by atoms with Crippen molar-refractivity contribution in [1.29, 1.82) is 0 Å². The fourth-order valence-electron chi connectivity index (χ4n) is 8.26. The minimum atomic E-state index is -5.77. The molecule has 372 valence electrons. The average Bonchev–Trinajstić information content (AvgIpc) is 3.18. The fraction of sp³-hybridized carbons (Fsp3) is 0.381. The Morgan fingerprint density at radius 3 is 0.794 bits per heavy atom. The van der Waals surface area contributed by atoms with E-state index < -0.39 is 185 Å². The molecular weight excluding hydrogens is 1020 g/mol. The lowest BCUT2D eigenvalue weighted by atomic mass is 9.77. The SMILES string of the molecule is FC(F)(F)c1cc(P(c2cc(C(F)(F)F)cc(C(F)(F)F)c2)C2CC3=CCCCC3CC2P(c2cc(C(F)(F)F)cc(C(F)(F)F)c2)c2cc(C(F)(F)F)cc(C(F)(F)F)c2)cc(C(F)(F)F)c1. The molecule has 0 radical (unpaired) electrons. The number of hydrogen-bond donors (Lipinski definition) is 0. The molecule has 26 heteroatoms. The zero-order chi connectivity index (χ0) is 51.1. The smallest absolute Gasteiger partial charge is 0.166 e. The van der Waals surface area contributed by atoms with Gasteiger partial charge in [-0.1, -0.05) is 11.6 Å². The van der Waals surface area contributed by atoms with Crippen molar-refractivity contribution >= 4 is 37.1 Å². The Morgan fingerprint density at radius 1 is 0.324 bits per heavy atom. The topological polar surface area (TPSA) is 0 Å². The molecule has 0 aliphatic heterocycles. The van der Waals surface area contributed by atoms with Gasteiger partial charge in [0.05, 0.1) is 44.5 Å². The number of hydrogen-bond acceptors (Lipinski definition) is 0. The number of allylic oxidation sites excluding steroid dienone is 2. The van der Waals surface area contributed by atoms with Gasteiger partial charge in [-0.2, -0.15) is 105 Å². The zero-order valence-electron chi connectivity index (χ0n) is 33.2. The molecule has 4 aromatic rings. The van der Waals surface area contributed by atoms with Crippen LogP contribution in [0.4, 0.5) is 105 Å². The van der Waals surface area contributed by atoms with Crippen LogP contribution in [0.2, 0.25) is 0 Å². The molecule has 6 rings (SSSR count). The Bertz CT molecular complexity index is 2250. The molecule has 0 amide bonds. The molecule has 68 heavy (non-hydrogen) atoms. The van der Waals surface area contributed by atoms with Gasteiger partial charge in [0.25, 0.3) is 0 Å². The first-order valence-electron chi connectivity index (χ1n) is 19.2. The van der Waals surface area contributed by atoms with Crippen molar-refractivity contribution in [2.24, 2.45) is 5.92 Å². The van der Waals surface area contributed by atoms with Crippen LogP contribution in [0.1, 0.15) is 76.6 Å². The molecular formula is C42H26F24P2. The first-order valence-corrected chi connectivity index (χ1v) is 22.0. The molecule has 0 heterocycles. The van der Waals surface area contributed by atoms with Crippen LogP contribution in [0.25, 0.3) is 0 Å². The number of alkyl halides is 24. The van der Waals surface area contributed by atoms with Gasteiger partial charge in [-0.15, -0.1) is 0 Å². The highest BCUT2D eigenvalue weighted by molar-refractivity contribution is 7.77. The van der Waals surface area contributed by atoms with Crippen LogP contribution in [0.15, 0.2) is 84.4 Å². The summed E-state index contributed by atoms with van der Waals surface area (Å²) < 4.78 is 347. The second-order valence-electron chi connectivity index (χ2n) is 15.8. The van der Waals surface area contributed by atoms with Gasteiger partial charge < -0.3 is 0 Å². The molecule has 3 atom stereocenters. The molecule has 4 aromatic carbocycles. The molecule has 1 fully saturated rings. The summed E-state index contributed by atoms with van der Waals surface area (Å²) in [6.45, 7) is 0. The molecule has 0 bridgehead atoms. The molecule has 2 aliphatic rings. The molecule has 3 unspecified atom stereocenters. The monoisotopic (exact) mass is 1050 g/mol. The zero-order valence-corrected chi connectivity index (χ0v) is 35.0. The summed E-state index contributed by atoms with van der Waals surface area (Å²) in [4.78, 5) is 0. The van der Waals surface area contributed by atoms with Gasteiger partial charge in [0, 0.05) is 0 Å². The lowest BCUT2D eigenvalue weighted by molar-refractivity contribution is -0.144. The third kappa shape index (κ3) is 11.9. The van der Waals surface area contributed by atoms with Crippen LogP contribution >= 0.6 is 15.8 Å². The summed E-state index contributed by atoms with van der Waals surface area (Å²) in [6.07, 6.45) is -46.0. The largest absolute Gasteiger partial charge is 0.416 e. The lowest BCUT2D eigenvalue weighted by Gasteiger charge is -2.47. The van der Waals surface area contributed by atoms with Gasteiger partial charge in [-0.25, -0.2) is 0 Å². The maximum Gasteiger partial charge on any atom is 0.416 e. The van der Waals surface area contributed by atoms with Gasteiger partial charge >= 0.3 is 49.4 Å². The quantitative estimate of drug-likeness (QED) is 0.103. The van der Waals surface area contributed by atoms with Crippen molar-refractivity contribution in [1.82, 2.24) is 0 Å². The Hall–Kier alpha value is -4.20. The highest BCUT2D eigenvalue weighted by atomic mass is 31.1. The summed E-state index contributed by atoms with van der Waals surface area (Å²) in [6, 6.07) is -2.48. The predicted octanol–water partition coefficient (Wildman–Crippen LogP) is 15.7. The molecule has 0 nitrogen and oxygen atoms in total. The molecule has 0 spiro atoms. The Labute approximate surface area is 369 Å². The summed E-state index contributed by atoms with van der Waals surface area (Å²) in [5, 5.41) is -5.23. The highest BCUT2D eigenvalue weighted by Gasteiger charge is 2.49. The van der Waals surface area contributed by atoms with Gasteiger partial charge in [-0.3, -0.25) is 0 Å². The van der Waals surface area contributed by atoms with E-state index in [0.29, 0.717) is 0 Å². The van der Waals surface area contributed by atoms with E-state index in [0.717, 1.165) is 0 Å². The maximum absolute atomic E-state index is 14.5. The van der Waals surface area contributed by atoms with Crippen LogP contribution < -0.4 is 21.2 Å². The van der Waals surface area contributed by atoms with Crippen molar-refractivity contribution in [2.75, 3.05) is 0 Å². The number of benzene rings is 4. The summed E-state index contributed by atoms with van der Waals surface area (Å²) in [7, 11) is -7.47. The van der Waals surface area contributed by atoms with Crippen molar-refractivity contribution in [2.45, 2.75) is 92.8 Å². The minimum absolute atomic E-state index is 0.00645. The van der Waals surface area contributed by atoms with E-state index in [-0.39, 0.29) is 73.4 Å². The minimum Gasteiger partial charge on any atom is -0.166 e. The van der Waals surface area contributed by atoms with Crippen LogP contribution in [0.3, 0.4) is 0 Å². The van der Waals surface area contributed by atoms with Crippen molar-refractivity contribution < 1.29 is 105 Å². The fourth-order valence-corrected chi connectivity index (χ4v) is 15.2. The number of fused-ring (bicyclic) bond motifs is 1. The summed E-state index contributed by atoms with van der Waals surface area (Å²) >= 11 is 0. The number of halogens is 24. The predicted molar refractivity (Wildman–Crippen MR) is 200 cm³/mol. The van der Waals surface area contributed by atoms with Crippen molar-refractivity contribution in [3.63, 3.8) is 0 Å². The van der Waals surface area contributed by atoms with E-state index in [1.54, 1.807) is 0 Å². The number of rotatable bonds is 6. The van der Waals surface area contributed by atoms with Gasteiger partial charge in [0.2, 0.25) is 0 Å². The van der Waals surface area contributed by atoms with Crippen LogP contribution in [-0.4, -0.2) is 11.3 Å². The van der Waals surface area contributed by atoms with E-state index in [1.807, 2.05) is 0 Å². The molecule has 0 N–H and O–H groups in total. The lowest BCUT2D eigenvalue weighted by Crippen LogP contribution is -2.42. The first kappa shape index (κ1) is 53.2. The highest BCUT2D eigenvalue weighted by Crippen LogP contribution is 2.61. The van der Waals surface area contributed by atoms with E-state index in [9.17, 15) is 105 Å². The molecule has 0 aromatic heterocycles. The normalized spacial score (nSPS) is 19.4. The Kier molecular flexibility index (Phi) is 14.0. The van der Waals surface area contributed by atoms with Crippen LogP contribution in [-0.2, 0) is 49.4 Å². The van der Waals surface area contributed by atoms with Crippen molar-refractivity contribution in [3.05, 3.63) is 129 Å². The Morgan fingerprint density at radius 2 is 0.559 bits per heavy atom. The molecule has 0 saturated heterocycles. The summed E-state index contributed by atoms with van der Waals surface area (Å²) in [5.41, 5.74) is -21.6. The van der Waals surface area contributed by atoms with Crippen molar-refractivity contribution in [3.8, 4) is 0 Å². The standard InChI is InChI=1S/C42H26F24P2/c43-35(44,45)21-7-22(36(46,47)48)12-29(11-21)67(30-13-23(37(49,50)51)8-24(14-30)38(52,53)54)33-5-19-3-1-2-4-20(19)6-34(33)68(31-15-25(39(55,56)57)9-26(16-31)40(58,59)60)32-17-27(41(61,62)63)10-28(18-32)42(64,65)66/h3,7-18,20,33-34H,1-2,4-6H2. The van der Waals surface area contributed by atoms with Gasteiger partial charge in [-0.05, 0) is 159 Å². The average molecular weight is 1050 g/mol. The van der Waals surface area contributed by atoms with E-state index >= 15 is 0 Å². The second kappa shape index (κ2) is 17.9. The summed E-state index contributed by atoms with van der Waals surface area (Å²) in [5.74, 6) is -0.966. The maximum atomic E-state index is 14.5. The van der Waals surface area contributed by atoms with Crippen LogP contribution in [0, 0.1) is 5.92 Å².